The number of nitrogens with one attached hydrogen (secondary N) is 1. The van der Waals surface area contributed by atoms with E-state index >= 15 is 0 Å². The number of halogens is 1. The second-order valence-corrected chi connectivity index (χ2v) is 8.16. The first-order chi connectivity index (χ1) is 17.1. The van der Waals surface area contributed by atoms with Crippen molar-refractivity contribution in [2.45, 2.75) is 11.8 Å². The highest BCUT2D eigenvalue weighted by atomic mass is 32.2. The van der Waals surface area contributed by atoms with Gasteiger partial charge in [0.15, 0.2) is 11.0 Å². The number of thioether (sulfide) groups is 1. The van der Waals surface area contributed by atoms with Gasteiger partial charge in [-0.2, -0.15) is 0 Å². The first-order valence-electron chi connectivity index (χ1n) is 10.6. The third kappa shape index (κ3) is 6.10. The van der Waals surface area contributed by atoms with Crippen LogP contribution >= 0.6 is 11.8 Å². The smallest absolute Gasteiger partial charge is 0.234 e. The lowest BCUT2D eigenvalue weighted by Crippen LogP contribution is -2.15. The van der Waals surface area contributed by atoms with E-state index in [1.165, 1.54) is 6.07 Å². The van der Waals surface area contributed by atoms with Gasteiger partial charge < -0.3 is 19.5 Å². The largest absolute Gasteiger partial charge is 0.497 e. The molecule has 0 unspecified atom stereocenters. The van der Waals surface area contributed by atoms with Crippen LogP contribution in [0.15, 0.2) is 78.0 Å². The number of ether oxygens (including phenoxy) is 3. The Kier molecular flexibility index (Phi) is 7.84. The zero-order chi connectivity index (χ0) is 24.6. The van der Waals surface area contributed by atoms with Crippen molar-refractivity contribution in [2.24, 2.45) is 0 Å². The van der Waals surface area contributed by atoms with Crippen molar-refractivity contribution in [3.63, 3.8) is 0 Å². The Labute approximate surface area is 206 Å². The maximum atomic E-state index is 14.7. The lowest BCUT2D eigenvalue weighted by molar-refractivity contribution is -0.113. The van der Waals surface area contributed by atoms with Crippen molar-refractivity contribution in [3.05, 3.63) is 84.4 Å². The number of benzene rings is 3. The minimum atomic E-state index is -0.444. The Hall–Kier alpha value is -4.05. The second kappa shape index (κ2) is 11.4. The minimum Gasteiger partial charge on any atom is -0.497 e. The maximum absolute atomic E-state index is 14.7. The first kappa shape index (κ1) is 24.1. The van der Waals surface area contributed by atoms with Gasteiger partial charge in [-0.25, -0.2) is 4.39 Å². The third-order valence-electron chi connectivity index (χ3n) is 4.91. The number of anilines is 1. The summed E-state index contributed by atoms with van der Waals surface area (Å²) in [5, 5.41) is 11.6. The molecule has 0 fully saturated rings. The van der Waals surface area contributed by atoms with E-state index in [1.807, 2.05) is 0 Å². The van der Waals surface area contributed by atoms with Crippen LogP contribution in [0.4, 0.5) is 10.1 Å². The fourth-order valence-electron chi connectivity index (χ4n) is 3.21. The highest BCUT2D eigenvalue weighted by Crippen LogP contribution is 2.26. The second-order valence-electron chi connectivity index (χ2n) is 7.22. The number of rotatable bonds is 10. The van der Waals surface area contributed by atoms with Crippen molar-refractivity contribution in [1.29, 1.82) is 0 Å². The average Bonchev–Trinajstić information content (AvgIpc) is 3.29. The van der Waals surface area contributed by atoms with Gasteiger partial charge in [-0.3, -0.25) is 9.36 Å². The topological polar surface area (TPSA) is 87.5 Å². The summed E-state index contributed by atoms with van der Waals surface area (Å²) in [6.45, 7) is 0.0459. The van der Waals surface area contributed by atoms with Gasteiger partial charge in [0.05, 0.1) is 25.7 Å². The molecule has 8 nitrogen and oxygen atoms in total. The van der Waals surface area contributed by atoms with Gasteiger partial charge >= 0.3 is 0 Å². The van der Waals surface area contributed by atoms with Gasteiger partial charge in [0, 0.05) is 11.8 Å². The average molecular weight is 495 g/mol. The van der Waals surface area contributed by atoms with Gasteiger partial charge in [0.2, 0.25) is 5.91 Å². The number of carbonyl (C=O) groups is 1. The summed E-state index contributed by atoms with van der Waals surface area (Å²) in [4.78, 5) is 12.5. The molecule has 0 bridgehead atoms. The molecule has 180 valence electrons. The van der Waals surface area contributed by atoms with Gasteiger partial charge in [-0.05, 0) is 48.5 Å². The van der Waals surface area contributed by atoms with E-state index in [2.05, 4.69) is 15.5 Å². The number of amides is 1. The molecule has 10 heteroatoms. The Bertz CT molecular complexity index is 1300. The summed E-state index contributed by atoms with van der Waals surface area (Å²) >= 11 is 1.14. The van der Waals surface area contributed by atoms with Gasteiger partial charge in [0.1, 0.15) is 29.7 Å². The molecule has 4 rings (SSSR count). The summed E-state index contributed by atoms with van der Waals surface area (Å²) in [7, 11) is 3.14. The third-order valence-corrected chi connectivity index (χ3v) is 5.84. The summed E-state index contributed by atoms with van der Waals surface area (Å²) in [5.41, 5.74) is 0.876. The predicted molar refractivity (Wildman–Crippen MR) is 131 cm³/mol. The lowest BCUT2D eigenvalue weighted by atomic mass is 10.3. The van der Waals surface area contributed by atoms with Crippen LogP contribution in [0.2, 0.25) is 0 Å². The number of hydrogen-bond donors (Lipinski definition) is 1. The van der Waals surface area contributed by atoms with Crippen molar-refractivity contribution in [1.82, 2.24) is 14.8 Å². The molecule has 1 heterocycles. The lowest BCUT2D eigenvalue weighted by Gasteiger charge is -2.12. The molecule has 3 aromatic carbocycles. The fourth-order valence-corrected chi connectivity index (χ4v) is 3.97. The molecule has 0 saturated carbocycles. The van der Waals surface area contributed by atoms with Crippen LogP contribution in [-0.2, 0) is 11.4 Å². The van der Waals surface area contributed by atoms with Crippen LogP contribution < -0.4 is 19.5 Å². The SMILES string of the molecule is COc1ccc(OCc2nnc(SCC(=O)Nc3cccc(OC)c3)n2-c2ccccc2F)cc1. The van der Waals surface area contributed by atoms with Crippen LogP contribution in [0, 0.1) is 5.82 Å². The van der Waals surface area contributed by atoms with E-state index in [-0.39, 0.29) is 24.0 Å². The molecule has 0 spiro atoms. The van der Waals surface area contributed by atoms with Gasteiger partial charge in [-0.1, -0.05) is 30.0 Å². The molecule has 0 aliphatic heterocycles. The summed E-state index contributed by atoms with van der Waals surface area (Å²) < 4.78 is 32.4. The van der Waals surface area contributed by atoms with E-state index in [4.69, 9.17) is 14.2 Å². The van der Waals surface area contributed by atoms with Crippen LogP contribution in [0.5, 0.6) is 17.2 Å². The first-order valence-corrected chi connectivity index (χ1v) is 11.6. The fraction of sp³-hybridized carbons (Fsp3) is 0.160. The molecule has 1 aromatic heterocycles. The van der Waals surface area contributed by atoms with E-state index in [1.54, 1.807) is 85.5 Å². The van der Waals surface area contributed by atoms with E-state index in [9.17, 15) is 9.18 Å². The van der Waals surface area contributed by atoms with Crippen LogP contribution in [-0.4, -0.2) is 40.6 Å². The highest BCUT2D eigenvalue weighted by Gasteiger charge is 2.19. The molecule has 0 saturated heterocycles. The normalized spacial score (nSPS) is 10.6. The molecule has 1 amide bonds. The zero-order valence-electron chi connectivity index (χ0n) is 19.1. The summed E-state index contributed by atoms with van der Waals surface area (Å²) in [6.07, 6.45) is 0. The van der Waals surface area contributed by atoms with Crippen LogP contribution in [0.25, 0.3) is 5.69 Å². The molecule has 1 N–H and O–H groups in total. The number of para-hydroxylation sites is 1. The summed E-state index contributed by atoms with van der Waals surface area (Å²) in [6, 6.07) is 20.4. The predicted octanol–water partition coefficient (Wildman–Crippen LogP) is 4.73. The van der Waals surface area contributed by atoms with Gasteiger partial charge in [-0.15, -0.1) is 10.2 Å². The minimum absolute atomic E-state index is 0.0448. The highest BCUT2D eigenvalue weighted by molar-refractivity contribution is 7.99. The van der Waals surface area contributed by atoms with Crippen molar-refractivity contribution in [3.8, 4) is 22.9 Å². The molecule has 0 aliphatic carbocycles. The van der Waals surface area contributed by atoms with Crippen LogP contribution in [0.3, 0.4) is 0 Å². The maximum Gasteiger partial charge on any atom is 0.234 e. The summed E-state index contributed by atoms with van der Waals surface area (Å²) in [5.74, 6) is 1.68. The Morgan fingerprint density at radius 1 is 0.943 bits per heavy atom. The van der Waals surface area contributed by atoms with Crippen molar-refractivity contribution in [2.75, 3.05) is 25.3 Å². The molecule has 4 aromatic rings. The molecule has 0 atom stereocenters. The molecule has 0 aliphatic rings. The van der Waals surface area contributed by atoms with Crippen LogP contribution in [0.1, 0.15) is 5.82 Å². The number of nitrogens with zero attached hydrogens (tertiary/aromatic N) is 3. The van der Waals surface area contributed by atoms with E-state index in [0.29, 0.717) is 33.9 Å². The van der Waals surface area contributed by atoms with Crippen molar-refractivity contribution >= 4 is 23.4 Å². The number of aromatic nitrogens is 3. The molecule has 35 heavy (non-hydrogen) atoms. The quantitative estimate of drug-likeness (QED) is 0.319. The Balaban J connectivity index is 1.50. The molecule has 0 radical (unpaired) electrons. The van der Waals surface area contributed by atoms with Crippen molar-refractivity contribution < 1.29 is 23.4 Å². The number of hydrogen-bond acceptors (Lipinski definition) is 7. The Morgan fingerprint density at radius 3 is 2.43 bits per heavy atom. The zero-order valence-corrected chi connectivity index (χ0v) is 19.9. The molecular weight excluding hydrogens is 471 g/mol. The Morgan fingerprint density at radius 2 is 1.69 bits per heavy atom. The molecular formula is C25H23FN4O4S. The standard InChI is InChI=1S/C25H23FN4O4S/c1-32-18-10-12-19(13-11-18)34-15-23-28-29-25(30(23)22-9-4-3-8-21(22)26)35-16-24(31)27-17-6-5-7-20(14-17)33-2/h3-14H,15-16H2,1-2H3,(H,27,31). The van der Waals surface area contributed by atoms with E-state index < -0.39 is 5.82 Å². The van der Waals surface area contributed by atoms with Gasteiger partial charge in [0.25, 0.3) is 0 Å². The van der Waals surface area contributed by atoms with E-state index in [0.717, 1.165) is 11.8 Å². The number of methoxy groups -OCH3 is 2. The monoisotopic (exact) mass is 494 g/mol. The number of carbonyl (C=O) groups excluding carboxylic acids is 1.